The molecule has 0 saturated carbocycles. The van der Waals surface area contributed by atoms with Crippen molar-refractivity contribution in [2.75, 3.05) is 33.9 Å². The Balaban J connectivity index is 2.22. The van der Waals surface area contributed by atoms with Crippen LogP contribution in [-0.4, -0.2) is 66.9 Å². The van der Waals surface area contributed by atoms with Gasteiger partial charge in [0.2, 0.25) is 5.29 Å². The highest BCUT2D eigenvalue weighted by atomic mass is 35.5. The van der Waals surface area contributed by atoms with Crippen molar-refractivity contribution >= 4 is 28.8 Å². The molecule has 1 fully saturated rings. The lowest BCUT2D eigenvalue weighted by atomic mass is 10.2. The fourth-order valence-electron chi connectivity index (χ4n) is 1.80. The second-order valence-electron chi connectivity index (χ2n) is 3.63. The predicted molar refractivity (Wildman–Crippen MR) is 61.1 cm³/mol. The highest BCUT2D eigenvalue weighted by Crippen LogP contribution is 2.20. The summed E-state index contributed by atoms with van der Waals surface area (Å²) in [5.74, 6) is 0.671. The molecule has 1 saturated heterocycles. The Morgan fingerprint density at radius 1 is 1.62 bits per heavy atom. The SMILES string of the molecule is COCCN1C(=O)N(C)C2CN=C(Cl)N=C21. The van der Waals surface area contributed by atoms with Gasteiger partial charge in [0.15, 0.2) is 0 Å². The molecule has 0 spiro atoms. The topological polar surface area (TPSA) is 57.5 Å². The number of likely N-dealkylation sites (N-methyl/N-ethyl adjacent to an activating group) is 1. The van der Waals surface area contributed by atoms with Crippen molar-refractivity contribution in [3.05, 3.63) is 0 Å². The van der Waals surface area contributed by atoms with Crippen LogP contribution >= 0.6 is 11.6 Å². The number of hydrogen-bond acceptors (Lipinski definition) is 4. The molecule has 2 rings (SSSR count). The van der Waals surface area contributed by atoms with Gasteiger partial charge < -0.3 is 9.64 Å². The van der Waals surface area contributed by atoms with Crippen molar-refractivity contribution in [3.63, 3.8) is 0 Å². The molecule has 0 aliphatic carbocycles. The van der Waals surface area contributed by atoms with Crippen molar-refractivity contribution in [2.24, 2.45) is 9.98 Å². The van der Waals surface area contributed by atoms with Crippen molar-refractivity contribution in [3.8, 4) is 0 Å². The number of aliphatic imine (C=N–C) groups is 2. The van der Waals surface area contributed by atoms with Crippen molar-refractivity contribution in [1.82, 2.24) is 9.80 Å². The second-order valence-corrected chi connectivity index (χ2v) is 3.97. The third kappa shape index (κ3) is 1.78. The number of urea groups is 1. The summed E-state index contributed by atoms with van der Waals surface area (Å²) in [5, 5.41) is 0.205. The minimum atomic E-state index is -0.0909. The lowest BCUT2D eigenvalue weighted by Gasteiger charge is -2.18. The van der Waals surface area contributed by atoms with Gasteiger partial charge in [0, 0.05) is 14.2 Å². The summed E-state index contributed by atoms with van der Waals surface area (Å²) in [4.78, 5) is 23.3. The zero-order chi connectivity index (χ0) is 11.7. The predicted octanol–water partition coefficient (Wildman–Crippen LogP) is 0.376. The van der Waals surface area contributed by atoms with Crippen LogP contribution in [0.25, 0.3) is 0 Å². The molecular weight excluding hydrogens is 232 g/mol. The smallest absolute Gasteiger partial charge is 0.325 e. The zero-order valence-electron chi connectivity index (χ0n) is 9.18. The van der Waals surface area contributed by atoms with Crippen LogP contribution < -0.4 is 0 Å². The maximum atomic E-state index is 11.9. The third-order valence-electron chi connectivity index (χ3n) is 2.70. The summed E-state index contributed by atoms with van der Waals surface area (Å²) in [7, 11) is 3.34. The molecule has 0 N–H and O–H groups in total. The molecule has 6 nitrogen and oxygen atoms in total. The van der Waals surface area contributed by atoms with Crippen LogP contribution in [0.4, 0.5) is 4.79 Å². The van der Waals surface area contributed by atoms with Gasteiger partial charge in [0.1, 0.15) is 11.9 Å². The quantitative estimate of drug-likeness (QED) is 0.674. The number of halogens is 1. The third-order valence-corrected chi connectivity index (χ3v) is 2.90. The summed E-state index contributed by atoms with van der Waals surface area (Å²) in [6, 6.07) is -0.172. The lowest BCUT2D eigenvalue weighted by Crippen LogP contribution is -2.37. The van der Waals surface area contributed by atoms with Crippen LogP contribution in [0.15, 0.2) is 9.98 Å². The maximum Gasteiger partial charge on any atom is 0.325 e. The van der Waals surface area contributed by atoms with Gasteiger partial charge >= 0.3 is 6.03 Å². The van der Waals surface area contributed by atoms with Gasteiger partial charge in [-0.25, -0.2) is 9.79 Å². The van der Waals surface area contributed by atoms with Gasteiger partial charge in [0.25, 0.3) is 0 Å². The van der Waals surface area contributed by atoms with Gasteiger partial charge in [-0.05, 0) is 11.6 Å². The van der Waals surface area contributed by atoms with Gasteiger partial charge in [0.05, 0.1) is 19.7 Å². The number of fused-ring (bicyclic) bond motifs is 1. The Labute approximate surface area is 98.5 Å². The van der Waals surface area contributed by atoms with Crippen LogP contribution in [0.1, 0.15) is 0 Å². The number of methoxy groups -OCH3 is 1. The summed E-state index contributed by atoms with van der Waals surface area (Å²) >= 11 is 5.75. The molecule has 2 heterocycles. The first-order chi connectivity index (χ1) is 7.65. The monoisotopic (exact) mass is 244 g/mol. The van der Waals surface area contributed by atoms with Crippen LogP contribution in [-0.2, 0) is 4.74 Å². The van der Waals surface area contributed by atoms with E-state index >= 15 is 0 Å². The van der Waals surface area contributed by atoms with E-state index in [0.29, 0.717) is 25.5 Å². The molecule has 2 aliphatic heterocycles. The Kier molecular flexibility index (Phi) is 3.11. The van der Waals surface area contributed by atoms with E-state index in [-0.39, 0.29) is 17.4 Å². The molecule has 0 radical (unpaired) electrons. The van der Waals surface area contributed by atoms with E-state index in [2.05, 4.69) is 9.98 Å². The number of ether oxygens (including phenoxy) is 1. The fourth-order valence-corrected chi connectivity index (χ4v) is 1.95. The minimum absolute atomic E-state index is 0.0811. The second kappa shape index (κ2) is 4.39. The van der Waals surface area contributed by atoms with Gasteiger partial charge in [-0.3, -0.25) is 9.89 Å². The molecule has 1 atom stereocenters. The Morgan fingerprint density at radius 3 is 3.06 bits per heavy atom. The molecule has 0 aromatic rings. The zero-order valence-corrected chi connectivity index (χ0v) is 9.94. The van der Waals surface area contributed by atoms with Gasteiger partial charge in [-0.2, -0.15) is 0 Å². The van der Waals surface area contributed by atoms with E-state index in [1.54, 1.807) is 24.0 Å². The van der Waals surface area contributed by atoms with Crippen LogP contribution in [0.3, 0.4) is 0 Å². The molecule has 1 unspecified atom stereocenters. The van der Waals surface area contributed by atoms with Crippen molar-refractivity contribution < 1.29 is 9.53 Å². The summed E-state index contributed by atoms with van der Waals surface area (Å²) in [5.41, 5.74) is 0. The fraction of sp³-hybridized carbons (Fsp3) is 0.667. The molecule has 2 aliphatic rings. The highest BCUT2D eigenvalue weighted by Gasteiger charge is 2.42. The molecule has 0 aromatic heterocycles. The first-order valence-electron chi connectivity index (χ1n) is 4.97. The summed E-state index contributed by atoms with van der Waals surface area (Å²) < 4.78 is 4.96. The Morgan fingerprint density at radius 2 is 2.38 bits per heavy atom. The molecule has 16 heavy (non-hydrogen) atoms. The molecule has 7 heteroatoms. The average Bonchev–Trinajstić information content (AvgIpc) is 2.50. The molecule has 0 aromatic carbocycles. The average molecular weight is 245 g/mol. The van der Waals surface area contributed by atoms with E-state index < -0.39 is 0 Å². The van der Waals surface area contributed by atoms with E-state index in [0.717, 1.165) is 0 Å². The highest BCUT2D eigenvalue weighted by molar-refractivity contribution is 6.66. The van der Waals surface area contributed by atoms with Gasteiger partial charge in [-0.1, -0.05) is 0 Å². The molecule has 2 amide bonds. The van der Waals surface area contributed by atoms with E-state index in [1.807, 2.05) is 0 Å². The van der Waals surface area contributed by atoms with Crippen LogP contribution in [0.2, 0.25) is 0 Å². The summed E-state index contributed by atoms with van der Waals surface area (Å²) in [6.07, 6.45) is 0. The number of rotatable bonds is 3. The van der Waals surface area contributed by atoms with Crippen molar-refractivity contribution in [1.29, 1.82) is 0 Å². The number of carbonyl (C=O) groups is 1. The van der Waals surface area contributed by atoms with Crippen LogP contribution in [0, 0.1) is 0 Å². The van der Waals surface area contributed by atoms with E-state index in [4.69, 9.17) is 16.3 Å². The number of carbonyl (C=O) groups excluding carboxylic acids is 1. The normalized spacial score (nSPS) is 24.4. The van der Waals surface area contributed by atoms with Crippen LogP contribution in [0.5, 0.6) is 0 Å². The largest absolute Gasteiger partial charge is 0.383 e. The van der Waals surface area contributed by atoms with Crippen molar-refractivity contribution in [2.45, 2.75) is 6.04 Å². The minimum Gasteiger partial charge on any atom is -0.383 e. The van der Waals surface area contributed by atoms with Gasteiger partial charge in [-0.15, -0.1) is 0 Å². The summed E-state index contributed by atoms with van der Waals surface area (Å²) in [6.45, 7) is 1.43. The first kappa shape index (κ1) is 11.3. The molecule has 88 valence electrons. The van der Waals surface area contributed by atoms with E-state index in [9.17, 15) is 4.79 Å². The number of amides is 2. The number of hydrogen-bond donors (Lipinski definition) is 0. The maximum absolute atomic E-state index is 11.9. The van der Waals surface area contributed by atoms with E-state index in [1.165, 1.54) is 0 Å². The number of nitrogens with zero attached hydrogens (tertiary/aromatic N) is 4. The Hall–Kier alpha value is -1.14. The Bertz CT molecular complexity index is 369. The molecule has 0 bridgehead atoms. The standard InChI is InChI=1S/C9H13ClN4O2/c1-13-6-5-11-8(10)12-7(6)14(9(13)15)3-4-16-2/h6H,3-5H2,1-2H3. The number of amidine groups is 2. The molecular formula is C9H13ClN4O2. The first-order valence-corrected chi connectivity index (χ1v) is 5.34. The lowest BCUT2D eigenvalue weighted by molar-refractivity contribution is 0.167.